The second kappa shape index (κ2) is 10.2. The van der Waals surface area contributed by atoms with Crippen LogP contribution >= 0.6 is 0 Å². The molecule has 188 valence electrons. The average molecular weight is 494 g/mol. The quantitative estimate of drug-likeness (QED) is 0.492. The number of anilines is 1. The van der Waals surface area contributed by atoms with Crippen LogP contribution in [0.25, 0.3) is 0 Å². The van der Waals surface area contributed by atoms with Crippen LogP contribution in [0.5, 0.6) is 11.5 Å². The van der Waals surface area contributed by atoms with E-state index < -0.39 is 17.9 Å². The molecule has 1 saturated carbocycles. The first-order valence-electron chi connectivity index (χ1n) is 11.9. The Kier molecular flexibility index (Phi) is 6.66. The monoisotopic (exact) mass is 493 g/mol. The number of amides is 3. The Balaban J connectivity index is 1.49. The smallest absolute Gasteiger partial charge is 0.287 e. The van der Waals surface area contributed by atoms with Crippen molar-refractivity contribution >= 4 is 23.4 Å². The van der Waals surface area contributed by atoms with Crippen LogP contribution < -0.4 is 25.0 Å². The lowest BCUT2D eigenvalue weighted by molar-refractivity contribution is -0.127. The molecular weight excluding hydrogens is 466 g/mol. The van der Waals surface area contributed by atoms with E-state index in [9.17, 15) is 14.4 Å². The molecule has 2 aromatic heterocycles. The van der Waals surface area contributed by atoms with Gasteiger partial charge in [-0.15, -0.1) is 0 Å². The minimum absolute atomic E-state index is 0.0309. The van der Waals surface area contributed by atoms with E-state index in [4.69, 9.17) is 18.3 Å². The summed E-state index contributed by atoms with van der Waals surface area (Å²) < 4.78 is 21.9. The molecule has 36 heavy (non-hydrogen) atoms. The minimum Gasteiger partial charge on any atom is -0.464 e. The van der Waals surface area contributed by atoms with Crippen LogP contribution in [0.4, 0.5) is 5.69 Å². The van der Waals surface area contributed by atoms with Gasteiger partial charge < -0.3 is 28.9 Å². The van der Waals surface area contributed by atoms with Gasteiger partial charge in [0.05, 0.1) is 12.8 Å². The zero-order valence-corrected chi connectivity index (χ0v) is 19.8. The molecule has 0 bridgehead atoms. The first kappa shape index (κ1) is 23.5. The number of nitrogens with zero attached hydrogens (tertiary/aromatic N) is 1. The Labute approximate surface area is 207 Å². The predicted molar refractivity (Wildman–Crippen MR) is 128 cm³/mol. The first-order valence-corrected chi connectivity index (χ1v) is 11.9. The van der Waals surface area contributed by atoms with Crippen molar-refractivity contribution in [2.24, 2.45) is 0 Å². The summed E-state index contributed by atoms with van der Waals surface area (Å²) in [7, 11) is 0. The Morgan fingerprint density at radius 3 is 2.58 bits per heavy atom. The first-order chi connectivity index (χ1) is 17.5. The van der Waals surface area contributed by atoms with E-state index in [0.717, 1.165) is 25.7 Å². The Bertz CT molecular complexity index is 1240. The molecule has 10 heteroatoms. The van der Waals surface area contributed by atoms with Gasteiger partial charge in [-0.25, -0.2) is 0 Å². The minimum atomic E-state index is -1.10. The van der Waals surface area contributed by atoms with Gasteiger partial charge in [0.2, 0.25) is 12.7 Å². The molecule has 3 amide bonds. The summed E-state index contributed by atoms with van der Waals surface area (Å²) in [5.41, 5.74) is 0.400. The van der Waals surface area contributed by atoms with Gasteiger partial charge in [-0.1, -0.05) is 12.8 Å². The maximum Gasteiger partial charge on any atom is 0.287 e. The van der Waals surface area contributed by atoms with Crippen molar-refractivity contribution in [3.63, 3.8) is 0 Å². The largest absolute Gasteiger partial charge is 0.464 e. The lowest BCUT2D eigenvalue weighted by atomic mass is 10.1. The normalized spacial score (nSPS) is 15.5. The summed E-state index contributed by atoms with van der Waals surface area (Å²) in [4.78, 5) is 41.1. The number of carbonyl (C=O) groups is 3. The Morgan fingerprint density at radius 2 is 1.86 bits per heavy atom. The molecule has 1 aliphatic heterocycles. The summed E-state index contributed by atoms with van der Waals surface area (Å²) in [5.74, 6) is 0.566. The Morgan fingerprint density at radius 1 is 1.06 bits per heavy atom. The number of furan rings is 2. The second-order valence-electron chi connectivity index (χ2n) is 8.80. The lowest BCUT2D eigenvalue weighted by Crippen LogP contribution is -2.49. The van der Waals surface area contributed by atoms with Gasteiger partial charge in [0.1, 0.15) is 11.5 Å². The summed E-state index contributed by atoms with van der Waals surface area (Å²) in [6, 6.07) is 10.4. The van der Waals surface area contributed by atoms with Gasteiger partial charge in [0.15, 0.2) is 23.3 Å². The molecule has 3 heterocycles. The zero-order valence-electron chi connectivity index (χ0n) is 19.8. The number of rotatable bonds is 8. The van der Waals surface area contributed by atoms with Gasteiger partial charge in [0.25, 0.3) is 11.8 Å². The molecule has 5 rings (SSSR count). The average Bonchev–Trinajstić information content (AvgIpc) is 3.67. The van der Waals surface area contributed by atoms with Crippen molar-refractivity contribution in [3.05, 3.63) is 66.0 Å². The molecule has 2 N–H and O–H groups in total. The highest BCUT2D eigenvalue weighted by Gasteiger charge is 2.37. The van der Waals surface area contributed by atoms with E-state index >= 15 is 0 Å². The molecule has 1 fully saturated rings. The maximum absolute atomic E-state index is 13.7. The third kappa shape index (κ3) is 4.93. The maximum atomic E-state index is 13.7. The van der Waals surface area contributed by atoms with Crippen molar-refractivity contribution in [1.29, 1.82) is 0 Å². The fraction of sp³-hybridized carbons (Fsp3) is 0.346. The van der Waals surface area contributed by atoms with Crippen molar-refractivity contribution in [1.82, 2.24) is 10.6 Å². The lowest BCUT2D eigenvalue weighted by Gasteiger charge is -2.31. The third-order valence-electron chi connectivity index (χ3n) is 6.29. The van der Waals surface area contributed by atoms with Gasteiger partial charge in [-0.05, 0) is 56.2 Å². The number of hydrogen-bond donors (Lipinski definition) is 2. The van der Waals surface area contributed by atoms with Gasteiger partial charge in [0, 0.05) is 17.8 Å². The fourth-order valence-corrected chi connectivity index (χ4v) is 4.53. The highest BCUT2D eigenvalue weighted by atomic mass is 16.7. The van der Waals surface area contributed by atoms with Gasteiger partial charge >= 0.3 is 0 Å². The standard InChI is InChI=1S/C26H27N3O7/c1-16-8-10-20(36-16)24(26(32)28-17-5-2-3-6-17)29(18-9-11-19-22(13-18)35-15-34-19)23(30)14-27-25(31)21-7-4-12-33-21/h4,7-13,17,24H,2-3,5-6,14-15H2,1H3,(H,27,31)(H,28,32)/t24-/m1/s1. The number of hydrogen-bond acceptors (Lipinski definition) is 7. The van der Waals surface area contributed by atoms with Crippen molar-refractivity contribution in [2.45, 2.75) is 44.7 Å². The fourth-order valence-electron chi connectivity index (χ4n) is 4.53. The molecule has 0 unspecified atom stereocenters. The van der Waals surface area contributed by atoms with E-state index in [-0.39, 0.29) is 31.0 Å². The van der Waals surface area contributed by atoms with E-state index in [0.29, 0.717) is 28.7 Å². The van der Waals surface area contributed by atoms with Crippen molar-refractivity contribution < 1.29 is 32.7 Å². The van der Waals surface area contributed by atoms with Crippen LogP contribution in [0.3, 0.4) is 0 Å². The highest BCUT2D eigenvalue weighted by molar-refractivity contribution is 6.04. The van der Waals surface area contributed by atoms with Crippen LogP contribution in [0, 0.1) is 6.92 Å². The van der Waals surface area contributed by atoms with Crippen LogP contribution in [0.1, 0.15) is 53.8 Å². The van der Waals surface area contributed by atoms with Crippen molar-refractivity contribution in [2.75, 3.05) is 18.2 Å². The summed E-state index contributed by atoms with van der Waals surface area (Å²) in [6.07, 6.45) is 5.22. The number of nitrogens with one attached hydrogen (secondary N) is 2. The SMILES string of the molecule is Cc1ccc([C@H](C(=O)NC2CCCC2)N(C(=O)CNC(=O)c2ccco2)c2ccc3c(c2)OCO3)o1. The number of benzene rings is 1. The summed E-state index contributed by atoms with van der Waals surface area (Å²) >= 11 is 0. The molecule has 0 spiro atoms. The molecule has 3 aromatic rings. The molecule has 1 atom stereocenters. The van der Waals surface area contributed by atoms with Crippen LogP contribution in [0.15, 0.2) is 57.6 Å². The van der Waals surface area contributed by atoms with E-state index in [1.165, 1.54) is 17.2 Å². The van der Waals surface area contributed by atoms with Crippen LogP contribution in [-0.4, -0.2) is 37.1 Å². The molecule has 0 saturated heterocycles. The predicted octanol–water partition coefficient (Wildman–Crippen LogP) is 3.47. The second-order valence-corrected chi connectivity index (χ2v) is 8.80. The third-order valence-corrected chi connectivity index (χ3v) is 6.29. The zero-order chi connectivity index (χ0) is 25.1. The van der Waals surface area contributed by atoms with E-state index in [1.54, 1.807) is 43.3 Å². The van der Waals surface area contributed by atoms with Crippen LogP contribution in [0.2, 0.25) is 0 Å². The number of aryl methyl sites for hydroxylation is 1. The van der Waals surface area contributed by atoms with E-state index in [2.05, 4.69) is 10.6 Å². The molecule has 2 aliphatic rings. The van der Waals surface area contributed by atoms with Crippen molar-refractivity contribution in [3.8, 4) is 11.5 Å². The topological polar surface area (TPSA) is 123 Å². The number of fused-ring (bicyclic) bond motifs is 1. The summed E-state index contributed by atoms with van der Waals surface area (Å²) in [5, 5.41) is 5.65. The molecule has 1 aliphatic carbocycles. The number of ether oxygens (including phenoxy) is 2. The molecule has 1 aromatic carbocycles. The highest BCUT2D eigenvalue weighted by Crippen LogP contribution is 2.38. The molecule has 10 nitrogen and oxygen atoms in total. The molecule has 0 radical (unpaired) electrons. The number of carbonyl (C=O) groups excluding carboxylic acids is 3. The van der Waals surface area contributed by atoms with Crippen LogP contribution in [-0.2, 0) is 9.59 Å². The summed E-state index contributed by atoms with van der Waals surface area (Å²) in [6.45, 7) is 1.46. The Hall–Kier alpha value is -4.21. The van der Waals surface area contributed by atoms with Gasteiger partial charge in [-0.3, -0.25) is 19.3 Å². The van der Waals surface area contributed by atoms with E-state index in [1.807, 2.05) is 0 Å². The molecular formula is C26H27N3O7. The van der Waals surface area contributed by atoms with Gasteiger partial charge in [-0.2, -0.15) is 0 Å².